The summed E-state index contributed by atoms with van der Waals surface area (Å²) in [5.74, 6) is -0.471. The van der Waals surface area contributed by atoms with E-state index in [-0.39, 0.29) is 23.2 Å². The van der Waals surface area contributed by atoms with E-state index < -0.39 is 15.7 Å². The molecule has 0 saturated heterocycles. The van der Waals surface area contributed by atoms with E-state index in [1.165, 1.54) is 12.1 Å². The molecule has 1 aromatic carbocycles. The van der Waals surface area contributed by atoms with Crippen LogP contribution in [0.5, 0.6) is 0 Å². The summed E-state index contributed by atoms with van der Waals surface area (Å²) in [5, 5.41) is 3.61. The molecule has 0 saturated carbocycles. The first-order valence-corrected chi connectivity index (χ1v) is 6.83. The molecule has 0 atom stereocenters. The molecule has 96 valence electrons. The van der Waals surface area contributed by atoms with E-state index in [2.05, 4.69) is 10.1 Å². The van der Waals surface area contributed by atoms with Gasteiger partial charge in [0.05, 0.1) is 6.54 Å². The number of nitrogens with two attached hydrogens (primary N) is 1. The quantitative estimate of drug-likeness (QED) is 0.883. The van der Waals surface area contributed by atoms with Gasteiger partial charge in [0, 0.05) is 11.8 Å². The number of aromatic nitrogens is 2. The maximum absolute atomic E-state index is 13.6. The van der Waals surface area contributed by atoms with Gasteiger partial charge in [0.25, 0.3) is 0 Å². The van der Waals surface area contributed by atoms with Crippen LogP contribution in [-0.2, 0) is 16.4 Å². The van der Waals surface area contributed by atoms with Gasteiger partial charge in [-0.15, -0.1) is 0 Å². The second-order valence-corrected chi connectivity index (χ2v) is 5.62. The summed E-state index contributed by atoms with van der Waals surface area (Å²) in [4.78, 5) is 3.55. The zero-order chi connectivity index (χ0) is 13.3. The molecule has 0 aliphatic carbocycles. The molecule has 18 heavy (non-hydrogen) atoms. The zero-order valence-electron chi connectivity index (χ0n) is 9.42. The molecule has 6 nitrogen and oxygen atoms in total. The molecule has 1 heterocycles. The van der Waals surface area contributed by atoms with Crippen LogP contribution >= 0.6 is 0 Å². The molecule has 0 bridgehead atoms. The van der Waals surface area contributed by atoms with Crippen molar-refractivity contribution in [1.29, 1.82) is 0 Å². The fourth-order valence-electron chi connectivity index (χ4n) is 1.40. The Balaban J connectivity index is 2.46. The molecule has 2 aromatic rings. The average molecular weight is 271 g/mol. The average Bonchev–Trinajstić information content (AvgIpc) is 2.75. The molecular formula is C10H10FN3O3S. The first kappa shape index (κ1) is 12.7. The monoisotopic (exact) mass is 271 g/mol. The van der Waals surface area contributed by atoms with E-state index in [0.29, 0.717) is 5.56 Å². The Morgan fingerprint density at radius 2 is 2.17 bits per heavy atom. The van der Waals surface area contributed by atoms with E-state index in [0.717, 1.165) is 12.3 Å². The second-order valence-electron chi connectivity index (χ2n) is 3.63. The highest BCUT2D eigenvalue weighted by Crippen LogP contribution is 2.22. The lowest BCUT2D eigenvalue weighted by molar-refractivity contribution is 0.380. The van der Waals surface area contributed by atoms with Gasteiger partial charge in [0.1, 0.15) is 10.7 Å². The fourth-order valence-corrected chi connectivity index (χ4v) is 2.12. The molecule has 2 N–H and O–H groups in total. The predicted octanol–water partition coefficient (Wildman–Crippen LogP) is 0.738. The van der Waals surface area contributed by atoms with Crippen LogP contribution in [0, 0.1) is 5.82 Å². The Morgan fingerprint density at radius 3 is 2.67 bits per heavy atom. The smallest absolute Gasteiger partial charge is 0.240 e. The van der Waals surface area contributed by atoms with Crippen molar-refractivity contribution in [3.05, 3.63) is 29.9 Å². The molecule has 0 aliphatic rings. The van der Waals surface area contributed by atoms with Gasteiger partial charge in [-0.25, -0.2) is 12.8 Å². The van der Waals surface area contributed by atoms with Gasteiger partial charge in [-0.3, -0.25) is 0 Å². The van der Waals surface area contributed by atoms with Crippen LogP contribution < -0.4 is 5.73 Å². The summed E-state index contributed by atoms with van der Waals surface area (Å²) in [6.45, 7) is 0.0803. The second kappa shape index (κ2) is 4.46. The molecule has 0 spiro atoms. The molecule has 1 aromatic heterocycles. The SMILES string of the molecule is CS(=O)(=O)c1ccc(-c2noc(CN)n2)cc1F. The van der Waals surface area contributed by atoms with Crippen LogP contribution in [-0.4, -0.2) is 24.8 Å². The summed E-state index contributed by atoms with van der Waals surface area (Å²) >= 11 is 0. The third kappa shape index (κ3) is 2.39. The number of hydrogen-bond acceptors (Lipinski definition) is 6. The third-order valence-electron chi connectivity index (χ3n) is 2.23. The molecule has 2 rings (SSSR count). The van der Waals surface area contributed by atoms with Crippen molar-refractivity contribution in [3.8, 4) is 11.4 Å². The number of rotatable bonds is 3. The number of sulfone groups is 1. The number of benzene rings is 1. The maximum atomic E-state index is 13.6. The topological polar surface area (TPSA) is 99.1 Å². The van der Waals surface area contributed by atoms with Gasteiger partial charge in [-0.05, 0) is 18.2 Å². The van der Waals surface area contributed by atoms with Crippen LogP contribution in [0.15, 0.2) is 27.6 Å². The molecule has 8 heteroatoms. The predicted molar refractivity (Wildman–Crippen MR) is 60.7 cm³/mol. The highest BCUT2D eigenvalue weighted by molar-refractivity contribution is 7.90. The van der Waals surface area contributed by atoms with Crippen molar-refractivity contribution in [2.45, 2.75) is 11.4 Å². The first-order valence-electron chi connectivity index (χ1n) is 4.94. The van der Waals surface area contributed by atoms with E-state index in [4.69, 9.17) is 10.3 Å². The van der Waals surface area contributed by atoms with Crippen LogP contribution in [0.3, 0.4) is 0 Å². The molecule has 0 amide bonds. The summed E-state index contributed by atoms with van der Waals surface area (Å²) < 4.78 is 40.9. The van der Waals surface area contributed by atoms with Crippen LogP contribution in [0.1, 0.15) is 5.89 Å². The summed E-state index contributed by atoms with van der Waals surface area (Å²) in [6.07, 6.45) is 0.936. The van der Waals surface area contributed by atoms with E-state index in [1.54, 1.807) is 0 Å². The molecule has 0 unspecified atom stereocenters. The third-order valence-corrected chi connectivity index (χ3v) is 3.36. The Labute approximate surface area is 103 Å². The number of nitrogens with zero attached hydrogens (tertiary/aromatic N) is 2. The lowest BCUT2D eigenvalue weighted by Gasteiger charge is -2.01. The lowest BCUT2D eigenvalue weighted by atomic mass is 10.2. The minimum Gasteiger partial charge on any atom is -0.338 e. The summed E-state index contributed by atoms with van der Waals surface area (Å²) in [5.41, 5.74) is 5.63. The minimum atomic E-state index is -3.59. The normalized spacial score (nSPS) is 11.7. The molecule has 0 radical (unpaired) electrons. The van der Waals surface area contributed by atoms with Crippen molar-refractivity contribution in [1.82, 2.24) is 10.1 Å². The van der Waals surface area contributed by atoms with E-state index in [9.17, 15) is 12.8 Å². The molecule has 0 fully saturated rings. The van der Waals surface area contributed by atoms with Crippen LogP contribution in [0.4, 0.5) is 4.39 Å². The largest absolute Gasteiger partial charge is 0.338 e. The van der Waals surface area contributed by atoms with Crippen molar-refractivity contribution in [3.63, 3.8) is 0 Å². The van der Waals surface area contributed by atoms with Crippen LogP contribution in [0.2, 0.25) is 0 Å². The Kier molecular flexibility index (Phi) is 3.14. The lowest BCUT2D eigenvalue weighted by Crippen LogP contribution is -2.01. The minimum absolute atomic E-state index is 0.0803. The highest BCUT2D eigenvalue weighted by atomic mass is 32.2. The Hall–Kier alpha value is -1.80. The van der Waals surface area contributed by atoms with Gasteiger partial charge in [-0.1, -0.05) is 5.16 Å². The Bertz CT molecular complexity index is 681. The van der Waals surface area contributed by atoms with Gasteiger partial charge in [0.2, 0.25) is 11.7 Å². The van der Waals surface area contributed by atoms with Gasteiger partial charge < -0.3 is 10.3 Å². The fraction of sp³-hybridized carbons (Fsp3) is 0.200. The highest BCUT2D eigenvalue weighted by Gasteiger charge is 2.16. The van der Waals surface area contributed by atoms with Gasteiger partial charge in [-0.2, -0.15) is 4.98 Å². The van der Waals surface area contributed by atoms with E-state index >= 15 is 0 Å². The van der Waals surface area contributed by atoms with Crippen molar-refractivity contribution in [2.24, 2.45) is 5.73 Å². The van der Waals surface area contributed by atoms with Gasteiger partial charge in [0.15, 0.2) is 9.84 Å². The van der Waals surface area contributed by atoms with E-state index in [1.807, 2.05) is 0 Å². The maximum Gasteiger partial charge on any atom is 0.240 e. The number of halogens is 1. The van der Waals surface area contributed by atoms with Crippen molar-refractivity contribution in [2.75, 3.05) is 6.26 Å². The Morgan fingerprint density at radius 1 is 1.44 bits per heavy atom. The molecular weight excluding hydrogens is 261 g/mol. The van der Waals surface area contributed by atoms with Crippen LogP contribution in [0.25, 0.3) is 11.4 Å². The van der Waals surface area contributed by atoms with Gasteiger partial charge >= 0.3 is 0 Å². The van der Waals surface area contributed by atoms with Crippen molar-refractivity contribution >= 4 is 9.84 Å². The first-order chi connectivity index (χ1) is 8.41. The molecule has 0 aliphatic heterocycles. The van der Waals surface area contributed by atoms with Crippen molar-refractivity contribution < 1.29 is 17.3 Å². The standard InChI is InChI=1S/C10H10FN3O3S/c1-18(15,16)8-3-2-6(4-7(8)11)10-13-9(5-12)17-14-10/h2-4H,5,12H2,1H3. The zero-order valence-corrected chi connectivity index (χ0v) is 10.2. The number of hydrogen-bond donors (Lipinski definition) is 1. The summed E-state index contributed by atoms with van der Waals surface area (Å²) in [6, 6.07) is 3.62. The summed E-state index contributed by atoms with van der Waals surface area (Å²) in [7, 11) is -3.59.